The number of halogens is 1. The van der Waals surface area contributed by atoms with Gasteiger partial charge in [0.05, 0.1) is 10.6 Å². The maximum Gasteiger partial charge on any atom is 0.253 e. The second kappa shape index (κ2) is 4.80. The molecular formula is C11H14ClN3O. The summed E-state index contributed by atoms with van der Waals surface area (Å²) in [6.07, 6.45) is 4.05. The highest BCUT2D eigenvalue weighted by atomic mass is 35.5. The van der Waals surface area contributed by atoms with E-state index in [-0.39, 0.29) is 11.9 Å². The van der Waals surface area contributed by atoms with Gasteiger partial charge in [0.2, 0.25) is 0 Å². The number of hydrogen-bond donors (Lipinski definition) is 1. The lowest BCUT2D eigenvalue weighted by molar-refractivity contribution is 0.0938. The first-order valence-corrected chi connectivity index (χ1v) is 5.63. The first-order valence-electron chi connectivity index (χ1n) is 5.26. The molecule has 86 valence electrons. The zero-order valence-electron chi connectivity index (χ0n) is 9.11. The van der Waals surface area contributed by atoms with Gasteiger partial charge in [-0.25, -0.2) is 0 Å². The van der Waals surface area contributed by atoms with E-state index in [2.05, 4.69) is 15.2 Å². The fourth-order valence-corrected chi connectivity index (χ4v) is 2.08. The van der Waals surface area contributed by atoms with E-state index in [1.807, 2.05) is 7.05 Å². The van der Waals surface area contributed by atoms with Gasteiger partial charge in [-0.2, -0.15) is 0 Å². The molecule has 1 unspecified atom stereocenters. The van der Waals surface area contributed by atoms with E-state index in [0.29, 0.717) is 10.6 Å². The van der Waals surface area contributed by atoms with Crippen molar-refractivity contribution in [1.29, 1.82) is 0 Å². The molecule has 0 bridgehead atoms. The van der Waals surface area contributed by atoms with Gasteiger partial charge < -0.3 is 10.2 Å². The van der Waals surface area contributed by atoms with Crippen LogP contribution in [0.1, 0.15) is 16.8 Å². The van der Waals surface area contributed by atoms with Crippen molar-refractivity contribution in [3.05, 3.63) is 29.0 Å². The number of nitrogens with zero attached hydrogens (tertiary/aromatic N) is 2. The molecule has 1 aromatic heterocycles. The Balaban J connectivity index is 2.01. The Morgan fingerprint density at radius 2 is 2.50 bits per heavy atom. The van der Waals surface area contributed by atoms with E-state index in [9.17, 15) is 4.79 Å². The number of carbonyl (C=O) groups excluding carboxylic acids is 1. The minimum absolute atomic E-state index is 0.118. The Morgan fingerprint density at radius 1 is 1.69 bits per heavy atom. The van der Waals surface area contributed by atoms with Crippen LogP contribution in [-0.2, 0) is 0 Å². The minimum atomic E-state index is -0.118. The summed E-state index contributed by atoms with van der Waals surface area (Å²) in [6, 6.07) is 1.86. The molecule has 5 heteroatoms. The van der Waals surface area contributed by atoms with Crippen LogP contribution < -0.4 is 5.32 Å². The molecule has 2 heterocycles. The number of pyridine rings is 1. The van der Waals surface area contributed by atoms with Gasteiger partial charge in [0.25, 0.3) is 5.91 Å². The molecule has 1 saturated heterocycles. The highest BCUT2D eigenvalue weighted by Gasteiger charge is 2.22. The molecule has 1 fully saturated rings. The van der Waals surface area contributed by atoms with Crippen LogP contribution in [0.5, 0.6) is 0 Å². The maximum atomic E-state index is 11.9. The molecule has 0 radical (unpaired) electrons. The number of nitrogens with one attached hydrogen (secondary N) is 1. The average molecular weight is 240 g/mol. The van der Waals surface area contributed by atoms with Crippen molar-refractivity contribution in [2.24, 2.45) is 0 Å². The van der Waals surface area contributed by atoms with Crippen molar-refractivity contribution in [2.75, 3.05) is 20.1 Å². The average Bonchev–Trinajstić information content (AvgIpc) is 2.64. The van der Waals surface area contributed by atoms with E-state index in [0.717, 1.165) is 19.5 Å². The van der Waals surface area contributed by atoms with Crippen molar-refractivity contribution in [3.63, 3.8) is 0 Å². The molecule has 1 N–H and O–H groups in total. The number of amides is 1. The lowest BCUT2D eigenvalue weighted by Gasteiger charge is -2.13. The predicted octanol–water partition coefficient (Wildman–Crippen LogP) is 1.17. The molecule has 0 aromatic carbocycles. The van der Waals surface area contributed by atoms with Crippen LogP contribution in [0.2, 0.25) is 5.02 Å². The standard InChI is InChI=1S/C11H14ClN3O/c1-15-5-3-8(7-15)14-11(16)9-2-4-13-6-10(9)12/h2,4,6,8H,3,5,7H2,1H3,(H,14,16). The topological polar surface area (TPSA) is 45.2 Å². The highest BCUT2D eigenvalue weighted by Crippen LogP contribution is 2.14. The summed E-state index contributed by atoms with van der Waals surface area (Å²) in [7, 11) is 2.05. The van der Waals surface area contributed by atoms with Crippen LogP contribution in [-0.4, -0.2) is 42.0 Å². The summed E-state index contributed by atoms with van der Waals surface area (Å²) in [5.41, 5.74) is 0.492. The Hall–Kier alpha value is -1.13. The normalized spacial score (nSPS) is 21.0. The molecule has 0 saturated carbocycles. The fourth-order valence-electron chi connectivity index (χ4n) is 1.88. The quantitative estimate of drug-likeness (QED) is 0.843. The molecule has 1 amide bonds. The van der Waals surface area contributed by atoms with Crippen molar-refractivity contribution in [2.45, 2.75) is 12.5 Å². The van der Waals surface area contributed by atoms with E-state index in [4.69, 9.17) is 11.6 Å². The van der Waals surface area contributed by atoms with E-state index < -0.39 is 0 Å². The van der Waals surface area contributed by atoms with Crippen LogP contribution in [0.3, 0.4) is 0 Å². The summed E-state index contributed by atoms with van der Waals surface area (Å²) in [4.78, 5) is 17.9. The van der Waals surface area contributed by atoms with Crippen molar-refractivity contribution < 1.29 is 4.79 Å². The Bertz CT molecular complexity index is 397. The molecule has 2 rings (SSSR count). The van der Waals surface area contributed by atoms with Crippen molar-refractivity contribution in [3.8, 4) is 0 Å². The SMILES string of the molecule is CN1CCC(NC(=O)c2ccncc2Cl)C1. The van der Waals surface area contributed by atoms with Crippen LogP contribution in [0.25, 0.3) is 0 Å². The monoisotopic (exact) mass is 239 g/mol. The van der Waals surface area contributed by atoms with Gasteiger partial charge in [-0.1, -0.05) is 11.6 Å². The van der Waals surface area contributed by atoms with Crippen LogP contribution in [0.4, 0.5) is 0 Å². The number of hydrogen-bond acceptors (Lipinski definition) is 3. The first-order chi connectivity index (χ1) is 7.66. The summed E-state index contributed by atoms with van der Waals surface area (Å²) in [6.45, 7) is 1.92. The Labute approximate surface area is 99.6 Å². The Morgan fingerprint density at radius 3 is 3.12 bits per heavy atom. The number of likely N-dealkylation sites (tertiary alicyclic amines) is 1. The molecule has 1 aliphatic rings. The van der Waals surface area contributed by atoms with Gasteiger partial charge in [0, 0.05) is 25.0 Å². The lowest BCUT2D eigenvalue weighted by Crippen LogP contribution is -2.36. The summed E-state index contributed by atoms with van der Waals surface area (Å²) in [5.74, 6) is -0.118. The Kier molecular flexibility index (Phi) is 3.41. The van der Waals surface area contributed by atoms with Gasteiger partial charge >= 0.3 is 0 Å². The van der Waals surface area contributed by atoms with E-state index in [1.54, 1.807) is 12.3 Å². The zero-order chi connectivity index (χ0) is 11.5. The molecule has 1 atom stereocenters. The molecular weight excluding hydrogens is 226 g/mol. The smallest absolute Gasteiger partial charge is 0.253 e. The second-order valence-electron chi connectivity index (χ2n) is 4.08. The third-order valence-corrected chi connectivity index (χ3v) is 3.04. The third kappa shape index (κ3) is 2.51. The molecule has 1 aliphatic heterocycles. The first kappa shape index (κ1) is 11.4. The number of aromatic nitrogens is 1. The van der Waals surface area contributed by atoms with Gasteiger partial charge in [0.1, 0.15) is 0 Å². The zero-order valence-corrected chi connectivity index (χ0v) is 9.87. The summed E-state index contributed by atoms with van der Waals surface area (Å²) < 4.78 is 0. The third-order valence-electron chi connectivity index (χ3n) is 2.74. The van der Waals surface area contributed by atoms with Gasteiger partial charge in [0.15, 0.2) is 0 Å². The summed E-state index contributed by atoms with van der Waals surface area (Å²) in [5, 5.41) is 3.37. The number of rotatable bonds is 2. The van der Waals surface area contributed by atoms with Gasteiger partial charge in [-0.3, -0.25) is 9.78 Å². The van der Waals surface area contributed by atoms with E-state index in [1.165, 1.54) is 6.20 Å². The van der Waals surface area contributed by atoms with Crippen LogP contribution >= 0.6 is 11.6 Å². The fraction of sp³-hybridized carbons (Fsp3) is 0.455. The summed E-state index contributed by atoms with van der Waals surface area (Å²) >= 11 is 5.90. The van der Waals surface area contributed by atoms with E-state index >= 15 is 0 Å². The molecule has 0 spiro atoms. The minimum Gasteiger partial charge on any atom is -0.348 e. The van der Waals surface area contributed by atoms with Crippen LogP contribution in [0, 0.1) is 0 Å². The largest absolute Gasteiger partial charge is 0.348 e. The predicted molar refractivity (Wildman–Crippen MR) is 62.6 cm³/mol. The van der Waals surface area contributed by atoms with Crippen LogP contribution in [0.15, 0.2) is 18.5 Å². The van der Waals surface area contributed by atoms with Crippen molar-refractivity contribution in [1.82, 2.24) is 15.2 Å². The molecule has 1 aromatic rings. The second-order valence-corrected chi connectivity index (χ2v) is 4.48. The van der Waals surface area contributed by atoms with Crippen molar-refractivity contribution >= 4 is 17.5 Å². The number of likely N-dealkylation sites (N-methyl/N-ethyl adjacent to an activating group) is 1. The molecule has 0 aliphatic carbocycles. The van der Waals surface area contributed by atoms with Gasteiger partial charge in [-0.15, -0.1) is 0 Å². The molecule has 16 heavy (non-hydrogen) atoms. The van der Waals surface area contributed by atoms with Gasteiger partial charge in [-0.05, 0) is 26.1 Å². The highest BCUT2D eigenvalue weighted by molar-refractivity contribution is 6.33. The number of carbonyl (C=O) groups is 1. The maximum absolute atomic E-state index is 11.9. The lowest BCUT2D eigenvalue weighted by atomic mass is 10.2. The molecule has 4 nitrogen and oxygen atoms in total.